The number of anilines is 1. The number of aryl methyl sites for hydroxylation is 1. The maximum Gasteiger partial charge on any atom is 0.137 e. The summed E-state index contributed by atoms with van der Waals surface area (Å²) >= 11 is 0. The minimum absolute atomic E-state index is 0.328. The number of para-hydroxylation sites is 1. The highest BCUT2D eigenvalue weighted by molar-refractivity contribution is 5.88. The predicted octanol–water partition coefficient (Wildman–Crippen LogP) is 2.77. The number of benzene rings is 1. The van der Waals surface area contributed by atoms with E-state index in [4.69, 9.17) is 0 Å². The molecule has 0 saturated carbocycles. The molecule has 0 fully saturated rings. The van der Waals surface area contributed by atoms with Crippen molar-refractivity contribution in [1.82, 2.24) is 24.7 Å². The maximum atomic E-state index is 4.44. The minimum Gasteiger partial charge on any atom is -0.365 e. The fraction of sp³-hybridized carbons (Fsp3) is 0.412. The van der Waals surface area contributed by atoms with Crippen LogP contribution in [0.15, 0.2) is 30.6 Å². The Morgan fingerprint density at radius 3 is 2.91 bits per heavy atom. The van der Waals surface area contributed by atoms with Crippen molar-refractivity contribution in [3.63, 3.8) is 0 Å². The quantitative estimate of drug-likeness (QED) is 0.806. The highest BCUT2D eigenvalue weighted by Gasteiger charge is 2.24. The molecule has 1 aliphatic heterocycles. The van der Waals surface area contributed by atoms with E-state index >= 15 is 0 Å². The summed E-state index contributed by atoms with van der Waals surface area (Å²) in [4.78, 5) is 8.76. The van der Waals surface area contributed by atoms with Gasteiger partial charge in [0.25, 0.3) is 0 Å². The molecule has 3 aromatic rings. The Morgan fingerprint density at radius 2 is 2.04 bits per heavy atom. The summed E-state index contributed by atoms with van der Waals surface area (Å²) < 4.78 is 2.26. The summed E-state index contributed by atoms with van der Waals surface area (Å²) in [7, 11) is 0. The van der Waals surface area contributed by atoms with Crippen LogP contribution in [-0.2, 0) is 13.0 Å². The van der Waals surface area contributed by atoms with Gasteiger partial charge in [-0.05, 0) is 18.6 Å². The van der Waals surface area contributed by atoms with E-state index in [0.29, 0.717) is 12.0 Å². The van der Waals surface area contributed by atoms with E-state index in [9.17, 15) is 0 Å². The topological polar surface area (TPSA) is 68.5 Å². The second-order valence-electron chi connectivity index (χ2n) is 6.36. The van der Waals surface area contributed by atoms with Crippen molar-refractivity contribution in [2.75, 3.05) is 5.32 Å². The number of nitrogens with one attached hydrogen (secondary N) is 1. The first-order valence-corrected chi connectivity index (χ1v) is 8.10. The first-order valence-electron chi connectivity index (χ1n) is 8.10. The molecule has 0 bridgehead atoms. The second-order valence-corrected chi connectivity index (χ2v) is 6.36. The number of fused-ring (bicyclic) bond motifs is 2. The SMILES string of the molecule is CC(C)c1nnc2n1C[C@@H](Nc1ncnc3ccccc13)CC2. The summed E-state index contributed by atoms with van der Waals surface area (Å²) in [6.45, 7) is 5.20. The van der Waals surface area contributed by atoms with Crippen LogP contribution in [0.2, 0.25) is 0 Å². The largest absolute Gasteiger partial charge is 0.365 e. The zero-order valence-electron chi connectivity index (χ0n) is 13.4. The average molecular weight is 308 g/mol. The van der Waals surface area contributed by atoms with Crippen LogP contribution < -0.4 is 5.32 Å². The Bertz CT molecular complexity index is 833. The van der Waals surface area contributed by atoms with Gasteiger partial charge in [-0.15, -0.1) is 10.2 Å². The van der Waals surface area contributed by atoms with Crippen molar-refractivity contribution < 1.29 is 0 Å². The van der Waals surface area contributed by atoms with Crippen LogP contribution in [0, 0.1) is 0 Å². The molecule has 0 radical (unpaired) electrons. The van der Waals surface area contributed by atoms with Crippen LogP contribution in [0.4, 0.5) is 5.82 Å². The first-order chi connectivity index (χ1) is 11.2. The molecule has 1 N–H and O–H groups in total. The van der Waals surface area contributed by atoms with Crippen molar-refractivity contribution in [3.8, 4) is 0 Å². The third-order valence-corrected chi connectivity index (χ3v) is 4.38. The maximum absolute atomic E-state index is 4.44. The molecule has 1 atom stereocenters. The van der Waals surface area contributed by atoms with Crippen LogP contribution >= 0.6 is 0 Å². The van der Waals surface area contributed by atoms with E-state index in [0.717, 1.165) is 47.8 Å². The molecular formula is C17H20N6. The van der Waals surface area contributed by atoms with E-state index in [1.165, 1.54) is 0 Å². The van der Waals surface area contributed by atoms with Gasteiger partial charge >= 0.3 is 0 Å². The smallest absolute Gasteiger partial charge is 0.137 e. The lowest BCUT2D eigenvalue weighted by molar-refractivity contribution is 0.459. The van der Waals surface area contributed by atoms with E-state index in [1.54, 1.807) is 6.33 Å². The summed E-state index contributed by atoms with van der Waals surface area (Å²) in [6, 6.07) is 8.42. The van der Waals surface area contributed by atoms with Gasteiger partial charge in [0, 0.05) is 30.3 Å². The lowest BCUT2D eigenvalue weighted by Crippen LogP contribution is -2.32. The van der Waals surface area contributed by atoms with E-state index in [-0.39, 0.29) is 0 Å². The highest BCUT2D eigenvalue weighted by atomic mass is 15.3. The molecule has 0 spiro atoms. The molecule has 0 saturated heterocycles. The average Bonchev–Trinajstić information content (AvgIpc) is 2.99. The summed E-state index contributed by atoms with van der Waals surface area (Å²) in [5, 5.41) is 13.3. The van der Waals surface area contributed by atoms with Gasteiger partial charge in [-0.1, -0.05) is 26.0 Å². The molecule has 0 aliphatic carbocycles. The Kier molecular flexibility index (Phi) is 3.44. The van der Waals surface area contributed by atoms with E-state index in [1.807, 2.05) is 18.2 Å². The molecule has 4 rings (SSSR count). The Hall–Kier alpha value is -2.50. The van der Waals surface area contributed by atoms with Gasteiger partial charge in [0.1, 0.15) is 23.8 Å². The van der Waals surface area contributed by atoms with E-state index in [2.05, 4.69) is 50.0 Å². The monoisotopic (exact) mass is 308 g/mol. The summed E-state index contributed by atoms with van der Waals surface area (Å²) in [6.07, 6.45) is 3.60. The first kappa shape index (κ1) is 14.1. The molecule has 1 aliphatic rings. The van der Waals surface area contributed by atoms with Gasteiger partial charge in [0.2, 0.25) is 0 Å². The minimum atomic E-state index is 0.328. The highest BCUT2D eigenvalue weighted by Crippen LogP contribution is 2.24. The normalized spacial score (nSPS) is 17.4. The molecular weight excluding hydrogens is 288 g/mol. The van der Waals surface area contributed by atoms with Crippen LogP contribution in [0.5, 0.6) is 0 Å². The van der Waals surface area contributed by atoms with Crippen molar-refractivity contribution in [2.24, 2.45) is 0 Å². The molecule has 23 heavy (non-hydrogen) atoms. The summed E-state index contributed by atoms with van der Waals surface area (Å²) in [5.74, 6) is 3.46. The van der Waals surface area contributed by atoms with Crippen LogP contribution in [0.3, 0.4) is 0 Å². The van der Waals surface area contributed by atoms with Gasteiger partial charge < -0.3 is 9.88 Å². The fourth-order valence-corrected chi connectivity index (χ4v) is 3.21. The van der Waals surface area contributed by atoms with Gasteiger partial charge in [0.05, 0.1) is 5.52 Å². The fourth-order valence-electron chi connectivity index (χ4n) is 3.21. The predicted molar refractivity (Wildman–Crippen MR) is 89.4 cm³/mol. The van der Waals surface area contributed by atoms with Gasteiger partial charge in [0.15, 0.2) is 0 Å². The molecule has 1 aromatic carbocycles. The lowest BCUT2D eigenvalue weighted by Gasteiger charge is -2.26. The standard InChI is InChI=1S/C17H20N6/c1-11(2)17-22-21-15-8-7-12(9-23(15)17)20-16-13-5-3-4-6-14(13)18-10-19-16/h3-6,10-12H,7-9H2,1-2H3,(H,18,19,20)/t12-/m0/s1. The third-order valence-electron chi connectivity index (χ3n) is 4.38. The number of rotatable bonds is 3. The van der Waals surface area contributed by atoms with Crippen molar-refractivity contribution in [3.05, 3.63) is 42.2 Å². The molecule has 118 valence electrons. The molecule has 0 amide bonds. The lowest BCUT2D eigenvalue weighted by atomic mass is 10.1. The van der Waals surface area contributed by atoms with Crippen molar-refractivity contribution in [2.45, 2.75) is 45.2 Å². The number of nitrogens with zero attached hydrogens (tertiary/aromatic N) is 5. The molecule has 6 nitrogen and oxygen atoms in total. The zero-order chi connectivity index (χ0) is 15.8. The zero-order valence-corrected chi connectivity index (χ0v) is 13.4. The third kappa shape index (κ3) is 2.54. The number of aromatic nitrogens is 5. The van der Waals surface area contributed by atoms with Crippen molar-refractivity contribution in [1.29, 1.82) is 0 Å². The number of hydrogen-bond acceptors (Lipinski definition) is 5. The van der Waals surface area contributed by atoms with Gasteiger partial charge in [-0.25, -0.2) is 9.97 Å². The Labute approximate surface area is 135 Å². The molecule has 2 aromatic heterocycles. The van der Waals surface area contributed by atoms with Crippen LogP contribution in [-0.4, -0.2) is 30.8 Å². The summed E-state index contributed by atoms with van der Waals surface area (Å²) in [5.41, 5.74) is 0.966. The van der Waals surface area contributed by atoms with Gasteiger partial charge in [-0.3, -0.25) is 0 Å². The molecule has 0 unspecified atom stereocenters. The second kappa shape index (κ2) is 5.61. The Balaban J connectivity index is 1.61. The van der Waals surface area contributed by atoms with Crippen molar-refractivity contribution >= 4 is 16.7 Å². The van der Waals surface area contributed by atoms with Crippen LogP contribution in [0.1, 0.15) is 37.8 Å². The molecule has 6 heteroatoms. The van der Waals surface area contributed by atoms with Crippen LogP contribution in [0.25, 0.3) is 10.9 Å². The molecule has 3 heterocycles. The number of hydrogen-bond donors (Lipinski definition) is 1. The van der Waals surface area contributed by atoms with Gasteiger partial charge in [-0.2, -0.15) is 0 Å². The Morgan fingerprint density at radius 1 is 1.17 bits per heavy atom. The van der Waals surface area contributed by atoms with E-state index < -0.39 is 0 Å².